The van der Waals surface area contributed by atoms with E-state index >= 15 is 0 Å². The predicted octanol–water partition coefficient (Wildman–Crippen LogP) is 3.28. The van der Waals surface area contributed by atoms with Crippen LogP contribution in [0.1, 0.15) is 19.3 Å². The van der Waals surface area contributed by atoms with Gasteiger partial charge in [-0.05, 0) is 49.2 Å². The monoisotopic (exact) mass is 366 g/mol. The summed E-state index contributed by atoms with van der Waals surface area (Å²) < 4.78 is 53.3. The predicted molar refractivity (Wildman–Crippen MR) is 89.8 cm³/mol. The van der Waals surface area contributed by atoms with Gasteiger partial charge in [-0.1, -0.05) is 0 Å². The minimum Gasteiger partial charge on any atom is -0.312 e. The van der Waals surface area contributed by atoms with Gasteiger partial charge in [0.15, 0.2) is 0 Å². The summed E-state index contributed by atoms with van der Waals surface area (Å²) in [5.74, 6) is -1.79. The van der Waals surface area contributed by atoms with Gasteiger partial charge in [-0.3, -0.25) is 9.52 Å². The van der Waals surface area contributed by atoms with Crippen molar-refractivity contribution in [3.8, 4) is 0 Å². The first kappa shape index (κ1) is 17.3. The lowest BCUT2D eigenvalue weighted by atomic mass is 10.1. The maximum absolute atomic E-state index is 13.6. The number of amides is 1. The van der Waals surface area contributed by atoms with E-state index in [9.17, 15) is 22.0 Å². The van der Waals surface area contributed by atoms with Crippen LogP contribution in [-0.4, -0.2) is 20.9 Å². The van der Waals surface area contributed by atoms with Crippen molar-refractivity contribution >= 4 is 27.3 Å². The zero-order valence-electron chi connectivity index (χ0n) is 13.2. The molecule has 1 amide bonds. The Morgan fingerprint density at radius 3 is 2.36 bits per heavy atom. The Morgan fingerprint density at radius 2 is 1.72 bits per heavy atom. The number of nitrogens with zero attached hydrogens (tertiary/aromatic N) is 1. The quantitative estimate of drug-likeness (QED) is 0.903. The highest BCUT2D eigenvalue weighted by Gasteiger charge is 2.21. The van der Waals surface area contributed by atoms with Crippen LogP contribution in [0.25, 0.3) is 0 Å². The normalized spacial score (nSPS) is 15.3. The third kappa shape index (κ3) is 3.79. The van der Waals surface area contributed by atoms with E-state index in [-0.39, 0.29) is 16.5 Å². The number of sulfonamides is 1. The summed E-state index contributed by atoms with van der Waals surface area (Å²) in [7, 11) is -4.03. The Balaban J connectivity index is 1.81. The van der Waals surface area contributed by atoms with Crippen LogP contribution in [0.2, 0.25) is 0 Å². The van der Waals surface area contributed by atoms with Crippen molar-refractivity contribution in [1.29, 1.82) is 0 Å². The lowest BCUT2D eigenvalue weighted by Crippen LogP contribution is -2.35. The van der Waals surface area contributed by atoms with Gasteiger partial charge in [-0.15, -0.1) is 0 Å². The van der Waals surface area contributed by atoms with Gasteiger partial charge >= 0.3 is 0 Å². The van der Waals surface area contributed by atoms with Crippen molar-refractivity contribution in [2.75, 3.05) is 16.2 Å². The number of benzene rings is 2. The molecule has 1 fully saturated rings. The van der Waals surface area contributed by atoms with Crippen LogP contribution >= 0.6 is 0 Å². The molecule has 0 bridgehead atoms. The fourth-order valence-electron chi connectivity index (χ4n) is 2.66. The van der Waals surface area contributed by atoms with Gasteiger partial charge in [0.05, 0.1) is 10.6 Å². The van der Waals surface area contributed by atoms with Crippen molar-refractivity contribution in [3.05, 3.63) is 54.1 Å². The number of anilines is 2. The molecule has 1 heterocycles. The molecule has 1 aliphatic rings. The smallest absolute Gasteiger partial charge is 0.261 e. The van der Waals surface area contributed by atoms with E-state index in [1.54, 1.807) is 17.0 Å². The Hall–Kier alpha value is -2.48. The van der Waals surface area contributed by atoms with Gasteiger partial charge in [0.2, 0.25) is 5.91 Å². The third-order valence-electron chi connectivity index (χ3n) is 3.96. The molecular weight excluding hydrogens is 350 g/mol. The van der Waals surface area contributed by atoms with Crippen molar-refractivity contribution in [2.45, 2.75) is 24.2 Å². The molecule has 0 atom stereocenters. The van der Waals surface area contributed by atoms with E-state index in [2.05, 4.69) is 4.72 Å². The van der Waals surface area contributed by atoms with Crippen LogP contribution < -0.4 is 9.62 Å². The highest BCUT2D eigenvalue weighted by atomic mass is 32.2. The first-order valence-electron chi connectivity index (χ1n) is 7.75. The standard InChI is InChI=1S/C17H16F2N2O3S/c18-12-4-9-16(15(19)11-12)20-25(23,24)14-7-5-13(6-8-14)21-10-2-1-3-17(21)22/h4-9,11,20H,1-3,10H2. The van der Waals surface area contributed by atoms with Gasteiger partial charge in [0.1, 0.15) is 11.6 Å². The molecule has 2 aromatic rings. The Morgan fingerprint density at radius 1 is 1.00 bits per heavy atom. The molecule has 25 heavy (non-hydrogen) atoms. The van der Waals surface area contributed by atoms with E-state index in [1.807, 2.05) is 0 Å². The molecule has 1 aliphatic heterocycles. The largest absolute Gasteiger partial charge is 0.312 e. The first-order valence-corrected chi connectivity index (χ1v) is 9.23. The zero-order valence-corrected chi connectivity index (χ0v) is 14.0. The summed E-state index contributed by atoms with van der Waals surface area (Å²) in [5.41, 5.74) is 0.285. The van der Waals surface area contributed by atoms with Crippen LogP contribution in [0.3, 0.4) is 0 Å². The topological polar surface area (TPSA) is 66.5 Å². The SMILES string of the molecule is O=C1CCCCN1c1ccc(S(=O)(=O)Nc2ccc(F)cc2F)cc1. The summed E-state index contributed by atoms with van der Waals surface area (Å²) >= 11 is 0. The molecule has 2 aromatic carbocycles. The maximum atomic E-state index is 13.6. The summed E-state index contributed by atoms with van der Waals surface area (Å²) in [4.78, 5) is 13.4. The number of hydrogen-bond acceptors (Lipinski definition) is 3. The van der Waals surface area contributed by atoms with Crippen LogP contribution in [-0.2, 0) is 14.8 Å². The molecule has 8 heteroatoms. The highest BCUT2D eigenvalue weighted by Crippen LogP contribution is 2.24. The molecule has 0 aliphatic carbocycles. The first-order chi connectivity index (χ1) is 11.9. The van der Waals surface area contributed by atoms with Crippen molar-refractivity contribution in [3.63, 3.8) is 0 Å². The molecule has 132 valence electrons. The number of carbonyl (C=O) groups is 1. The summed E-state index contributed by atoms with van der Waals surface area (Å²) in [6, 6.07) is 8.36. The average molecular weight is 366 g/mol. The second kappa shape index (κ2) is 6.79. The zero-order chi connectivity index (χ0) is 18.0. The second-order valence-electron chi connectivity index (χ2n) is 5.73. The number of carbonyl (C=O) groups excluding carboxylic acids is 1. The minimum atomic E-state index is -4.03. The third-order valence-corrected chi connectivity index (χ3v) is 5.34. The molecule has 0 radical (unpaired) electrons. The molecule has 3 rings (SSSR count). The summed E-state index contributed by atoms with van der Waals surface area (Å²) in [5, 5.41) is 0. The van der Waals surface area contributed by atoms with Crippen molar-refractivity contribution in [2.24, 2.45) is 0 Å². The van der Waals surface area contributed by atoms with Gasteiger partial charge in [0, 0.05) is 24.7 Å². The molecular formula is C17H16F2N2O3S. The Kier molecular flexibility index (Phi) is 4.71. The van der Waals surface area contributed by atoms with Crippen LogP contribution in [0.15, 0.2) is 47.4 Å². The Bertz CT molecular complexity index is 899. The molecule has 0 spiro atoms. The number of rotatable bonds is 4. The molecule has 1 saturated heterocycles. The van der Waals surface area contributed by atoms with Gasteiger partial charge in [-0.25, -0.2) is 17.2 Å². The van der Waals surface area contributed by atoms with Gasteiger partial charge in [-0.2, -0.15) is 0 Å². The van der Waals surface area contributed by atoms with E-state index in [0.717, 1.165) is 25.0 Å². The highest BCUT2D eigenvalue weighted by molar-refractivity contribution is 7.92. The molecule has 1 N–H and O–H groups in total. The van der Waals surface area contributed by atoms with Gasteiger partial charge < -0.3 is 4.90 Å². The lowest BCUT2D eigenvalue weighted by molar-refractivity contribution is -0.119. The number of nitrogens with one attached hydrogen (secondary N) is 1. The van der Waals surface area contributed by atoms with E-state index < -0.39 is 21.7 Å². The van der Waals surface area contributed by atoms with Crippen LogP contribution in [0, 0.1) is 11.6 Å². The van der Waals surface area contributed by atoms with Crippen LogP contribution in [0.4, 0.5) is 20.2 Å². The minimum absolute atomic E-state index is 0.00775. The summed E-state index contributed by atoms with van der Waals surface area (Å²) in [6.45, 7) is 0.601. The van der Waals surface area contributed by atoms with Crippen LogP contribution in [0.5, 0.6) is 0 Å². The fourth-order valence-corrected chi connectivity index (χ4v) is 3.73. The number of piperidine rings is 1. The van der Waals surface area contributed by atoms with Crippen molar-refractivity contribution in [1.82, 2.24) is 0 Å². The average Bonchev–Trinajstić information content (AvgIpc) is 2.58. The van der Waals surface area contributed by atoms with Gasteiger partial charge in [0.25, 0.3) is 10.0 Å². The number of halogens is 2. The molecule has 0 unspecified atom stereocenters. The van der Waals surface area contributed by atoms with Crippen molar-refractivity contribution < 1.29 is 22.0 Å². The molecule has 5 nitrogen and oxygen atoms in total. The van der Waals surface area contributed by atoms with E-state index in [0.29, 0.717) is 24.7 Å². The fraction of sp³-hybridized carbons (Fsp3) is 0.235. The van der Waals surface area contributed by atoms with E-state index in [4.69, 9.17) is 0 Å². The summed E-state index contributed by atoms with van der Waals surface area (Å²) in [6.07, 6.45) is 2.23. The molecule has 0 saturated carbocycles. The Labute approximate surface area is 144 Å². The maximum Gasteiger partial charge on any atom is 0.261 e. The number of hydrogen-bond donors (Lipinski definition) is 1. The second-order valence-corrected chi connectivity index (χ2v) is 7.41. The lowest BCUT2D eigenvalue weighted by Gasteiger charge is -2.26. The molecule has 0 aromatic heterocycles. The van der Waals surface area contributed by atoms with E-state index in [1.165, 1.54) is 12.1 Å².